The van der Waals surface area contributed by atoms with Crippen LogP contribution in [0.25, 0.3) is 0 Å². The van der Waals surface area contributed by atoms with Crippen molar-refractivity contribution in [1.82, 2.24) is 10.3 Å². The zero-order valence-electron chi connectivity index (χ0n) is 10.8. The van der Waals surface area contributed by atoms with E-state index in [0.29, 0.717) is 5.13 Å². The van der Waals surface area contributed by atoms with Crippen LogP contribution >= 0.6 is 11.3 Å². The van der Waals surface area contributed by atoms with Crippen molar-refractivity contribution in [2.24, 2.45) is 5.92 Å². The lowest BCUT2D eigenvalue weighted by Crippen LogP contribution is -2.40. The van der Waals surface area contributed by atoms with Crippen molar-refractivity contribution >= 4 is 34.3 Å². The van der Waals surface area contributed by atoms with Crippen LogP contribution in [0.5, 0.6) is 0 Å². The first kappa shape index (κ1) is 15.1. The highest BCUT2D eigenvalue weighted by molar-refractivity contribution is 7.14. The number of carboxylic acids is 1. The number of rotatable bonds is 5. The van der Waals surface area contributed by atoms with Crippen molar-refractivity contribution in [1.29, 1.82) is 0 Å². The molecular weight excluding hydrogens is 270 g/mol. The summed E-state index contributed by atoms with van der Waals surface area (Å²) in [4.78, 5) is 37.3. The van der Waals surface area contributed by atoms with E-state index in [1.807, 2.05) is 0 Å². The molecule has 19 heavy (non-hydrogen) atoms. The number of anilines is 1. The molecule has 1 rings (SSSR count). The molecule has 0 radical (unpaired) electrons. The van der Waals surface area contributed by atoms with Crippen LogP contribution in [0, 0.1) is 5.92 Å². The molecule has 1 aromatic heterocycles. The molecule has 0 saturated heterocycles. The van der Waals surface area contributed by atoms with E-state index >= 15 is 0 Å². The summed E-state index contributed by atoms with van der Waals surface area (Å²) < 4.78 is 0. The van der Waals surface area contributed by atoms with Gasteiger partial charge in [0.1, 0.15) is 5.69 Å². The fourth-order valence-electron chi connectivity index (χ4n) is 1.21. The molecule has 0 spiro atoms. The van der Waals surface area contributed by atoms with Crippen molar-refractivity contribution in [3.63, 3.8) is 0 Å². The zero-order valence-corrected chi connectivity index (χ0v) is 11.6. The summed E-state index contributed by atoms with van der Waals surface area (Å²) in [7, 11) is 0. The molecular formula is C11H15N3O4S. The van der Waals surface area contributed by atoms with E-state index in [2.05, 4.69) is 15.6 Å². The van der Waals surface area contributed by atoms with E-state index in [1.165, 1.54) is 19.2 Å². The number of carbonyl (C=O) groups is 3. The Morgan fingerprint density at radius 3 is 2.53 bits per heavy atom. The van der Waals surface area contributed by atoms with Gasteiger partial charge < -0.3 is 15.7 Å². The summed E-state index contributed by atoms with van der Waals surface area (Å²) >= 11 is 1.13. The second-order valence-electron chi connectivity index (χ2n) is 4.11. The Kier molecular flexibility index (Phi) is 4.99. The summed E-state index contributed by atoms with van der Waals surface area (Å²) in [6.45, 7) is 4.46. The molecule has 0 bridgehead atoms. The minimum Gasteiger partial charge on any atom is -0.481 e. The molecule has 0 fully saturated rings. The lowest BCUT2D eigenvalue weighted by atomic mass is 10.0. The summed E-state index contributed by atoms with van der Waals surface area (Å²) in [5, 5.41) is 15.7. The molecule has 0 aliphatic rings. The maximum Gasteiger partial charge on any atom is 0.308 e. The van der Waals surface area contributed by atoms with Crippen LogP contribution < -0.4 is 10.6 Å². The van der Waals surface area contributed by atoms with Gasteiger partial charge in [-0.3, -0.25) is 14.4 Å². The van der Waals surface area contributed by atoms with Gasteiger partial charge in [-0.25, -0.2) is 4.98 Å². The number of thiazole rings is 1. The lowest BCUT2D eigenvalue weighted by Gasteiger charge is -2.16. The lowest BCUT2D eigenvalue weighted by molar-refractivity contribution is -0.141. The number of hydrogen-bond donors (Lipinski definition) is 3. The summed E-state index contributed by atoms with van der Waals surface area (Å²) in [5.41, 5.74) is 0.151. The molecule has 8 heteroatoms. The largest absolute Gasteiger partial charge is 0.481 e. The highest BCUT2D eigenvalue weighted by Crippen LogP contribution is 2.15. The summed E-state index contributed by atoms with van der Waals surface area (Å²) in [6, 6.07) is -0.518. The Bertz CT molecular complexity index is 500. The summed E-state index contributed by atoms with van der Waals surface area (Å²) in [5.74, 6) is -2.41. The Balaban J connectivity index is 2.65. The van der Waals surface area contributed by atoms with E-state index in [-0.39, 0.29) is 11.6 Å². The number of carboxylic acid groups (broad SMARTS) is 1. The molecule has 0 aromatic carbocycles. The number of aromatic nitrogens is 1. The van der Waals surface area contributed by atoms with Gasteiger partial charge in [0.25, 0.3) is 5.91 Å². The average Bonchev–Trinajstić information content (AvgIpc) is 2.75. The minimum atomic E-state index is -0.981. The topological polar surface area (TPSA) is 108 Å². The van der Waals surface area contributed by atoms with Crippen LogP contribution in [-0.2, 0) is 9.59 Å². The highest BCUT2D eigenvalue weighted by Gasteiger charge is 2.22. The number of carbonyl (C=O) groups excluding carboxylic acids is 2. The van der Waals surface area contributed by atoms with E-state index in [9.17, 15) is 14.4 Å². The Morgan fingerprint density at radius 1 is 1.37 bits per heavy atom. The van der Waals surface area contributed by atoms with Crippen molar-refractivity contribution < 1.29 is 19.5 Å². The SMILES string of the molecule is CC(=O)Nc1nc(C(=O)NC(C)C(C)C(=O)O)cs1. The fourth-order valence-corrected chi connectivity index (χ4v) is 1.94. The van der Waals surface area contributed by atoms with Crippen molar-refractivity contribution in [3.8, 4) is 0 Å². The van der Waals surface area contributed by atoms with Gasteiger partial charge in [-0.2, -0.15) is 0 Å². The second kappa shape index (κ2) is 6.28. The first-order valence-electron chi connectivity index (χ1n) is 5.58. The van der Waals surface area contributed by atoms with E-state index in [1.54, 1.807) is 6.92 Å². The molecule has 0 saturated carbocycles. The highest BCUT2D eigenvalue weighted by atomic mass is 32.1. The number of aliphatic carboxylic acids is 1. The van der Waals surface area contributed by atoms with Gasteiger partial charge in [0.2, 0.25) is 5.91 Å². The second-order valence-corrected chi connectivity index (χ2v) is 4.97. The molecule has 104 valence electrons. The molecule has 2 amide bonds. The normalized spacial score (nSPS) is 13.4. The average molecular weight is 285 g/mol. The van der Waals surface area contributed by atoms with Crippen LogP contribution in [0.3, 0.4) is 0 Å². The third-order valence-electron chi connectivity index (χ3n) is 2.52. The van der Waals surface area contributed by atoms with Crippen LogP contribution in [0.1, 0.15) is 31.3 Å². The predicted molar refractivity (Wildman–Crippen MR) is 70.1 cm³/mol. The first-order chi connectivity index (χ1) is 8.81. The number of hydrogen-bond acceptors (Lipinski definition) is 5. The van der Waals surface area contributed by atoms with Gasteiger partial charge in [-0.1, -0.05) is 0 Å². The fraction of sp³-hybridized carbons (Fsp3) is 0.455. The standard InChI is InChI=1S/C11H15N3O4S/c1-5(10(17)18)6(2)12-9(16)8-4-19-11(14-8)13-7(3)15/h4-6H,1-3H3,(H,12,16)(H,17,18)(H,13,14,15). The van der Waals surface area contributed by atoms with Crippen molar-refractivity contribution in [2.75, 3.05) is 5.32 Å². The molecule has 0 aliphatic heterocycles. The van der Waals surface area contributed by atoms with E-state index in [4.69, 9.17) is 5.11 Å². The van der Waals surface area contributed by atoms with Crippen LogP contribution in [0.15, 0.2) is 5.38 Å². The third kappa shape index (κ3) is 4.32. The zero-order chi connectivity index (χ0) is 14.6. The summed E-state index contributed by atoms with van der Waals surface area (Å²) in [6.07, 6.45) is 0. The molecule has 2 atom stereocenters. The Hall–Kier alpha value is -1.96. The Labute approximate surface area is 114 Å². The number of nitrogens with one attached hydrogen (secondary N) is 2. The first-order valence-corrected chi connectivity index (χ1v) is 6.46. The molecule has 0 aliphatic carbocycles. The number of nitrogens with zero attached hydrogens (tertiary/aromatic N) is 1. The molecule has 1 heterocycles. The monoisotopic (exact) mass is 285 g/mol. The van der Waals surface area contributed by atoms with Gasteiger partial charge >= 0.3 is 5.97 Å². The van der Waals surface area contributed by atoms with Gasteiger partial charge in [0.05, 0.1) is 5.92 Å². The van der Waals surface area contributed by atoms with Crippen molar-refractivity contribution in [2.45, 2.75) is 26.8 Å². The number of amides is 2. The molecule has 1 aromatic rings. The van der Waals surface area contributed by atoms with Crippen LogP contribution in [-0.4, -0.2) is 33.9 Å². The maximum atomic E-state index is 11.8. The molecule has 2 unspecified atom stereocenters. The van der Waals surface area contributed by atoms with Crippen LogP contribution in [0.2, 0.25) is 0 Å². The van der Waals surface area contributed by atoms with Gasteiger partial charge in [-0.05, 0) is 13.8 Å². The van der Waals surface area contributed by atoms with Crippen molar-refractivity contribution in [3.05, 3.63) is 11.1 Å². The molecule has 3 N–H and O–H groups in total. The van der Waals surface area contributed by atoms with E-state index < -0.39 is 23.8 Å². The van der Waals surface area contributed by atoms with Gasteiger partial charge in [-0.15, -0.1) is 11.3 Å². The predicted octanol–water partition coefficient (Wildman–Crippen LogP) is 0.940. The third-order valence-corrected chi connectivity index (χ3v) is 3.28. The van der Waals surface area contributed by atoms with E-state index in [0.717, 1.165) is 11.3 Å². The van der Waals surface area contributed by atoms with Gasteiger partial charge in [0.15, 0.2) is 5.13 Å². The molecule has 7 nitrogen and oxygen atoms in total. The maximum absolute atomic E-state index is 11.8. The quantitative estimate of drug-likeness (QED) is 0.746. The smallest absolute Gasteiger partial charge is 0.308 e. The van der Waals surface area contributed by atoms with Gasteiger partial charge in [0, 0.05) is 18.3 Å². The Morgan fingerprint density at radius 2 is 2.00 bits per heavy atom. The minimum absolute atomic E-state index is 0.151. The van der Waals surface area contributed by atoms with Crippen LogP contribution in [0.4, 0.5) is 5.13 Å².